The highest BCUT2D eigenvalue weighted by Gasteiger charge is 2.35. The Labute approximate surface area is 187 Å². The summed E-state index contributed by atoms with van der Waals surface area (Å²) in [5, 5.41) is 19.5. The fourth-order valence-corrected chi connectivity index (χ4v) is 4.14. The molecule has 0 atom stereocenters. The van der Waals surface area contributed by atoms with Crippen LogP contribution >= 0.6 is 0 Å². The van der Waals surface area contributed by atoms with Gasteiger partial charge in [-0.15, -0.1) is 0 Å². The number of carbonyl (C=O) groups excluding carboxylic acids is 1. The minimum atomic E-state index is -0.874. The molecular formula is C26H51NO3. The summed E-state index contributed by atoms with van der Waals surface area (Å²) in [5.41, 5.74) is -0.874. The molecule has 178 valence electrons. The number of hydrogen-bond donors (Lipinski definition) is 2. The first-order chi connectivity index (χ1) is 14.6. The molecule has 0 bridgehead atoms. The summed E-state index contributed by atoms with van der Waals surface area (Å²) in [7, 11) is 0. The van der Waals surface area contributed by atoms with E-state index in [0.717, 1.165) is 12.8 Å². The zero-order valence-corrected chi connectivity index (χ0v) is 20.2. The van der Waals surface area contributed by atoms with Crippen LogP contribution in [0.1, 0.15) is 123 Å². The average molecular weight is 426 g/mol. The van der Waals surface area contributed by atoms with Crippen molar-refractivity contribution in [3.8, 4) is 0 Å². The molecule has 0 radical (unpaired) electrons. The first-order valence-electron chi connectivity index (χ1n) is 12.8. The van der Waals surface area contributed by atoms with Crippen LogP contribution in [0.25, 0.3) is 0 Å². The van der Waals surface area contributed by atoms with Gasteiger partial charge < -0.3 is 15.1 Å². The van der Waals surface area contributed by atoms with Crippen LogP contribution in [0, 0.1) is 0 Å². The van der Waals surface area contributed by atoms with Gasteiger partial charge in [-0.1, -0.05) is 117 Å². The molecule has 0 aliphatic carbocycles. The molecule has 0 rings (SSSR count). The van der Waals surface area contributed by atoms with E-state index in [1.54, 1.807) is 4.90 Å². The Kier molecular flexibility index (Phi) is 19.5. The fourth-order valence-electron chi connectivity index (χ4n) is 4.14. The molecule has 0 unspecified atom stereocenters. The monoisotopic (exact) mass is 425 g/mol. The van der Waals surface area contributed by atoms with E-state index in [1.807, 2.05) is 6.92 Å². The lowest BCUT2D eigenvalue weighted by Gasteiger charge is -2.40. The number of aliphatic hydroxyl groups is 2. The average Bonchev–Trinajstić information content (AvgIpc) is 2.78. The number of nitrogens with zero attached hydrogens (tertiary/aromatic N) is 1. The highest BCUT2D eigenvalue weighted by molar-refractivity contribution is 5.87. The Balaban J connectivity index is 3.71. The summed E-state index contributed by atoms with van der Waals surface area (Å²) in [6, 6.07) is 0. The van der Waals surface area contributed by atoms with Crippen LogP contribution in [-0.4, -0.2) is 46.3 Å². The van der Waals surface area contributed by atoms with Crippen molar-refractivity contribution in [3.05, 3.63) is 12.7 Å². The quantitative estimate of drug-likeness (QED) is 0.156. The van der Waals surface area contributed by atoms with Crippen molar-refractivity contribution in [2.75, 3.05) is 19.8 Å². The molecule has 0 aromatic rings. The molecule has 0 saturated heterocycles. The zero-order chi connectivity index (χ0) is 22.5. The van der Waals surface area contributed by atoms with Gasteiger partial charge in [0.1, 0.15) is 0 Å². The smallest absolute Gasteiger partial charge is 0.246 e. The van der Waals surface area contributed by atoms with Crippen molar-refractivity contribution in [2.45, 2.75) is 129 Å². The van der Waals surface area contributed by atoms with Crippen molar-refractivity contribution in [1.29, 1.82) is 0 Å². The molecule has 0 aliphatic heterocycles. The number of amides is 1. The third kappa shape index (κ3) is 12.7. The lowest BCUT2D eigenvalue weighted by Crippen LogP contribution is -2.56. The van der Waals surface area contributed by atoms with Gasteiger partial charge in [-0.2, -0.15) is 0 Å². The Morgan fingerprint density at radius 2 is 1.10 bits per heavy atom. The third-order valence-electron chi connectivity index (χ3n) is 6.50. The van der Waals surface area contributed by atoms with Gasteiger partial charge in [0.05, 0.1) is 18.8 Å². The number of unbranched alkanes of at least 4 members (excludes halogenated alkanes) is 15. The van der Waals surface area contributed by atoms with Crippen molar-refractivity contribution >= 4 is 5.91 Å². The standard InChI is InChI=1S/C26H51NO3/c1-4-7-8-9-10-11-12-13-14-15-16-17-18-19-20-21-22-27(25(30)5-2)26(6-3,23-28)24-29/h5,28-29H,2,4,6-24H2,1,3H3. The predicted octanol–water partition coefficient (Wildman–Crippen LogP) is 6.40. The first kappa shape index (κ1) is 29.1. The van der Waals surface area contributed by atoms with Crippen molar-refractivity contribution in [3.63, 3.8) is 0 Å². The maximum absolute atomic E-state index is 12.2. The largest absolute Gasteiger partial charge is 0.394 e. The highest BCUT2D eigenvalue weighted by atomic mass is 16.3. The Hall–Kier alpha value is -0.870. The van der Waals surface area contributed by atoms with Crippen LogP contribution in [0.15, 0.2) is 12.7 Å². The summed E-state index contributed by atoms with van der Waals surface area (Å²) in [4.78, 5) is 13.8. The van der Waals surface area contributed by atoms with Gasteiger partial charge in [0, 0.05) is 6.54 Å². The van der Waals surface area contributed by atoms with E-state index in [0.29, 0.717) is 13.0 Å². The number of hydrogen-bond acceptors (Lipinski definition) is 3. The predicted molar refractivity (Wildman–Crippen MR) is 129 cm³/mol. The topological polar surface area (TPSA) is 60.8 Å². The molecule has 0 aromatic heterocycles. The Bertz CT molecular complexity index is 399. The van der Waals surface area contributed by atoms with E-state index in [9.17, 15) is 15.0 Å². The van der Waals surface area contributed by atoms with E-state index >= 15 is 0 Å². The minimum absolute atomic E-state index is 0.207. The number of aliphatic hydroxyl groups excluding tert-OH is 2. The van der Waals surface area contributed by atoms with Crippen molar-refractivity contribution in [1.82, 2.24) is 4.90 Å². The highest BCUT2D eigenvalue weighted by Crippen LogP contribution is 2.21. The summed E-state index contributed by atoms with van der Waals surface area (Å²) < 4.78 is 0. The summed E-state index contributed by atoms with van der Waals surface area (Å²) >= 11 is 0. The van der Waals surface area contributed by atoms with E-state index < -0.39 is 5.54 Å². The molecule has 0 fully saturated rings. The second-order valence-electron chi connectivity index (χ2n) is 8.89. The van der Waals surface area contributed by atoms with Crippen molar-refractivity contribution < 1.29 is 15.0 Å². The molecule has 0 spiro atoms. The van der Waals surface area contributed by atoms with Gasteiger partial charge in [-0.3, -0.25) is 4.79 Å². The third-order valence-corrected chi connectivity index (χ3v) is 6.50. The molecule has 2 N–H and O–H groups in total. The molecule has 0 aromatic carbocycles. The van der Waals surface area contributed by atoms with Crippen molar-refractivity contribution in [2.24, 2.45) is 0 Å². The molecule has 0 heterocycles. The van der Waals surface area contributed by atoms with Crippen LogP contribution in [0.4, 0.5) is 0 Å². The lowest BCUT2D eigenvalue weighted by atomic mass is 9.94. The number of carbonyl (C=O) groups is 1. The maximum Gasteiger partial charge on any atom is 0.246 e. The molecular weight excluding hydrogens is 374 g/mol. The SMILES string of the molecule is C=CC(=O)N(CCCCCCCCCCCCCCCCCC)C(CC)(CO)CO. The van der Waals surface area contributed by atoms with Gasteiger partial charge in [0.25, 0.3) is 0 Å². The summed E-state index contributed by atoms with van der Waals surface area (Å²) in [5.74, 6) is -0.207. The van der Waals surface area contributed by atoms with Gasteiger partial charge in [-0.25, -0.2) is 0 Å². The Morgan fingerprint density at radius 1 is 0.733 bits per heavy atom. The fraction of sp³-hybridized carbons (Fsp3) is 0.885. The second kappa shape index (κ2) is 20.1. The normalized spacial score (nSPS) is 11.6. The molecule has 4 nitrogen and oxygen atoms in total. The van der Waals surface area contributed by atoms with Gasteiger partial charge in [-0.05, 0) is 18.9 Å². The Morgan fingerprint density at radius 3 is 1.40 bits per heavy atom. The van der Waals surface area contributed by atoms with Crippen LogP contribution in [-0.2, 0) is 4.79 Å². The lowest BCUT2D eigenvalue weighted by molar-refractivity contribution is -0.137. The van der Waals surface area contributed by atoms with E-state index in [1.165, 1.54) is 96.0 Å². The molecule has 30 heavy (non-hydrogen) atoms. The second-order valence-corrected chi connectivity index (χ2v) is 8.89. The molecule has 0 saturated carbocycles. The zero-order valence-electron chi connectivity index (χ0n) is 20.2. The van der Waals surface area contributed by atoms with Gasteiger partial charge >= 0.3 is 0 Å². The van der Waals surface area contributed by atoms with Crippen LogP contribution in [0.2, 0.25) is 0 Å². The van der Waals surface area contributed by atoms with Gasteiger partial charge in [0.15, 0.2) is 0 Å². The van der Waals surface area contributed by atoms with E-state index in [2.05, 4.69) is 13.5 Å². The first-order valence-corrected chi connectivity index (χ1v) is 12.8. The molecule has 1 amide bonds. The van der Waals surface area contributed by atoms with Crippen LogP contribution < -0.4 is 0 Å². The number of rotatable bonds is 22. The molecule has 0 aliphatic rings. The summed E-state index contributed by atoms with van der Waals surface area (Å²) in [6.45, 7) is 7.85. The molecule has 4 heteroatoms. The summed E-state index contributed by atoms with van der Waals surface area (Å²) in [6.07, 6.45) is 22.8. The van der Waals surface area contributed by atoms with Crippen LogP contribution in [0.3, 0.4) is 0 Å². The van der Waals surface area contributed by atoms with E-state index in [4.69, 9.17) is 0 Å². The van der Waals surface area contributed by atoms with E-state index in [-0.39, 0.29) is 19.1 Å². The van der Waals surface area contributed by atoms with Crippen LogP contribution in [0.5, 0.6) is 0 Å². The minimum Gasteiger partial charge on any atom is -0.394 e. The maximum atomic E-state index is 12.2. The van der Waals surface area contributed by atoms with Gasteiger partial charge in [0.2, 0.25) is 5.91 Å².